The monoisotopic (exact) mass is 203 g/mol. The first-order valence-electron chi connectivity index (χ1n) is 2.67. The van der Waals surface area contributed by atoms with Crippen LogP contribution in [-0.4, -0.2) is 20.7 Å². The molecule has 10 heavy (non-hydrogen) atoms. The molecule has 0 aliphatic rings. The van der Waals surface area contributed by atoms with Gasteiger partial charge in [0, 0.05) is 0 Å². The van der Waals surface area contributed by atoms with Crippen LogP contribution in [0, 0.1) is 5.82 Å². The molecule has 0 aliphatic heterocycles. The maximum atomic E-state index is 12.6. The van der Waals surface area contributed by atoms with Gasteiger partial charge in [-0.1, -0.05) is 0 Å². The molecule has 0 heterocycles. The van der Waals surface area contributed by atoms with Gasteiger partial charge in [0.05, 0.1) is 0 Å². The van der Waals surface area contributed by atoms with Crippen molar-refractivity contribution in [2.75, 3.05) is 0 Å². The molecule has 0 fully saturated rings. The van der Waals surface area contributed by atoms with Crippen molar-refractivity contribution in [3.63, 3.8) is 0 Å². The van der Waals surface area contributed by atoms with Crippen molar-refractivity contribution in [3.8, 4) is 0 Å². The summed E-state index contributed by atoms with van der Waals surface area (Å²) >= 11 is 2.22. The van der Waals surface area contributed by atoms with Gasteiger partial charge in [0.1, 0.15) is 0 Å². The van der Waals surface area contributed by atoms with Gasteiger partial charge in [0.15, 0.2) is 0 Å². The molecule has 0 N–H and O–H groups in total. The Morgan fingerprint density at radius 3 is 2.40 bits per heavy atom. The van der Waals surface area contributed by atoms with Gasteiger partial charge in [-0.05, 0) is 0 Å². The van der Waals surface area contributed by atoms with E-state index in [1.807, 2.05) is 0 Å². The van der Waals surface area contributed by atoms with Crippen molar-refractivity contribution in [1.82, 2.24) is 0 Å². The molecular formula is C7H4FOSe. The number of hydrogen-bond acceptors (Lipinski definition) is 1. The molecule has 1 aromatic rings. The fourth-order valence-corrected chi connectivity index (χ4v) is 0.974. The van der Waals surface area contributed by atoms with Gasteiger partial charge in [-0.2, -0.15) is 0 Å². The third-order valence-corrected chi connectivity index (χ3v) is 1.56. The third kappa shape index (κ3) is 1.43. The van der Waals surface area contributed by atoms with Crippen LogP contribution in [0.25, 0.3) is 0 Å². The average molecular weight is 202 g/mol. The number of rotatable bonds is 1. The molecule has 0 spiro atoms. The molecule has 0 amide bonds. The SMILES string of the molecule is O=C([Se])c1ccccc1F. The molecule has 1 aromatic carbocycles. The quantitative estimate of drug-likeness (QED) is 0.624. The predicted molar refractivity (Wildman–Crippen MR) is 36.5 cm³/mol. The van der Waals surface area contributed by atoms with Crippen LogP contribution < -0.4 is 0 Å². The molecule has 0 unspecified atom stereocenters. The molecule has 3 heteroatoms. The number of carbonyl (C=O) groups excluding carboxylic acids is 1. The van der Waals surface area contributed by atoms with Crippen molar-refractivity contribution in [2.45, 2.75) is 0 Å². The molecule has 0 saturated carbocycles. The number of halogens is 1. The summed E-state index contributed by atoms with van der Waals surface area (Å²) in [5.74, 6) is -0.480. The number of hydrogen-bond donors (Lipinski definition) is 0. The Hall–Kier alpha value is -0.661. The minimum absolute atomic E-state index is 0.0995. The van der Waals surface area contributed by atoms with E-state index in [9.17, 15) is 9.18 Å². The molecular weight excluding hydrogens is 198 g/mol. The topological polar surface area (TPSA) is 17.1 Å². The molecule has 0 bridgehead atoms. The van der Waals surface area contributed by atoms with Crippen LogP contribution in [0.4, 0.5) is 4.39 Å². The van der Waals surface area contributed by atoms with E-state index >= 15 is 0 Å². The van der Waals surface area contributed by atoms with Crippen LogP contribution in [0.15, 0.2) is 24.3 Å². The van der Waals surface area contributed by atoms with Crippen molar-refractivity contribution in [2.24, 2.45) is 0 Å². The van der Waals surface area contributed by atoms with E-state index in [-0.39, 0.29) is 10.2 Å². The van der Waals surface area contributed by atoms with Crippen molar-refractivity contribution < 1.29 is 9.18 Å². The van der Waals surface area contributed by atoms with Crippen LogP contribution in [0.1, 0.15) is 10.4 Å². The van der Waals surface area contributed by atoms with Crippen molar-refractivity contribution in [1.29, 1.82) is 0 Å². The zero-order chi connectivity index (χ0) is 7.56. The summed E-state index contributed by atoms with van der Waals surface area (Å²) in [6.07, 6.45) is 0. The van der Waals surface area contributed by atoms with E-state index in [1.54, 1.807) is 12.1 Å². The third-order valence-electron chi connectivity index (χ3n) is 1.09. The fourth-order valence-electron chi connectivity index (χ4n) is 0.627. The summed E-state index contributed by atoms with van der Waals surface area (Å²) in [7, 11) is 0. The normalized spacial score (nSPS) is 9.30. The molecule has 1 radical (unpaired) electrons. The molecule has 0 atom stereocenters. The molecule has 0 saturated heterocycles. The number of benzene rings is 1. The van der Waals surface area contributed by atoms with Crippen molar-refractivity contribution >= 4 is 20.7 Å². The first-order chi connectivity index (χ1) is 4.72. The van der Waals surface area contributed by atoms with Crippen molar-refractivity contribution in [3.05, 3.63) is 35.6 Å². The van der Waals surface area contributed by atoms with E-state index in [1.165, 1.54) is 12.1 Å². The van der Waals surface area contributed by atoms with Crippen LogP contribution in [-0.2, 0) is 0 Å². The van der Waals surface area contributed by atoms with Crippen LogP contribution in [0.2, 0.25) is 0 Å². The Kier molecular flexibility index (Phi) is 2.20. The predicted octanol–water partition coefficient (Wildman–Crippen LogP) is 1.13. The number of carbonyl (C=O) groups is 1. The summed E-state index contributed by atoms with van der Waals surface area (Å²) < 4.78 is 12.2. The van der Waals surface area contributed by atoms with Gasteiger partial charge in [-0.25, -0.2) is 0 Å². The second kappa shape index (κ2) is 2.95. The Labute approximate surface area is 66.1 Å². The summed E-state index contributed by atoms with van der Waals surface area (Å²) in [6, 6.07) is 5.86. The van der Waals surface area contributed by atoms with E-state index in [4.69, 9.17) is 0 Å². The molecule has 1 rings (SSSR count). The van der Waals surface area contributed by atoms with Gasteiger partial charge in [-0.3, -0.25) is 0 Å². The maximum absolute atomic E-state index is 12.6. The zero-order valence-electron chi connectivity index (χ0n) is 5.00. The second-order valence-corrected chi connectivity index (χ2v) is 2.55. The van der Waals surface area contributed by atoms with Crippen LogP contribution >= 0.6 is 0 Å². The Morgan fingerprint density at radius 2 is 2.00 bits per heavy atom. The van der Waals surface area contributed by atoms with Gasteiger partial charge in [0.25, 0.3) is 0 Å². The fraction of sp³-hybridized carbons (Fsp3) is 0. The molecule has 0 aromatic heterocycles. The molecule has 1 nitrogen and oxygen atoms in total. The molecule has 51 valence electrons. The van der Waals surface area contributed by atoms with Gasteiger partial charge in [0.2, 0.25) is 0 Å². The Morgan fingerprint density at radius 1 is 1.40 bits per heavy atom. The first kappa shape index (κ1) is 7.45. The summed E-state index contributed by atoms with van der Waals surface area (Å²) in [4.78, 5) is 10.6. The summed E-state index contributed by atoms with van der Waals surface area (Å²) in [5, 5.41) is 0. The van der Waals surface area contributed by atoms with Gasteiger partial charge in [-0.15, -0.1) is 0 Å². The van der Waals surface area contributed by atoms with Gasteiger partial charge >= 0.3 is 65.5 Å². The Bertz CT molecular complexity index is 260. The Balaban J connectivity index is 3.15. The minimum atomic E-state index is -0.480. The second-order valence-electron chi connectivity index (χ2n) is 1.77. The van der Waals surface area contributed by atoms with Crippen LogP contribution in [0.5, 0.6) is 0 Å². The zero-order valence-corrected chi connectivity index (χ0v) is 6.72. The standard InChI is InChI=1S/C7H4FOSe/c8-6-4-2-1-3-5(6)7(9)10/h1-4H. The summed E-state index contributed by atoms with van der Waals surface area (Å²) in [5.41, 5.74) is 0.0995. The average Bonchev–Trinajstić information content (AvgIpc) is 1.88. The van der Waals surface area contributed by atoms with Gasteiger partial charge < -0.3 is 0 Å². The van der Waals surface area contributed by atoms with E-state index in [2.05, 4.69) is 16.0 Å². The van der Waals surface area contributed by atoms with E-state index in [0.717, 1.165) is 0 Å². The van der Waals surface area contributed by atoms with E-state index < -0.39 is 5.82 Å². The van der Waals surface area contributed by atoms with E-state index in [0.29, 0.717) is 0 Å². The summed E-state index contributed by atoms with van der Waals surface area (Å²) in [6.45, 7) is 0. The van der Waals surface area contributed by atoms with Crippen LogP contribution in [0.3, 0.4) is 0 Å². The molecule has 0 aliphatic carbocycles. The first-order valence-corrected chi connectivity index (χ1v) is 3.53.